The van der Waals surface area contributed by atoms with Gasteiger partial charge in [-0.1, -0.05) is 0 Å². The molecule has 4 nitrogen and oxygen atoms in total. The minimum Gasteiger partial charge on any atom is -0.462 e. The Hall–Kier alpha value is -1.45. The lowest BCUT2D eigenvalue weighted by Gasteiger charge is -2.13. The molecular weight excluding hydrogens is 400 g/mol. The number of hydrogen-bond acceptors (Lipinski definition) is 4. The van der Waals surface area contributed by atoms with Gasteiger partial charge in [0.1, 0.15) is 11.5 Å². The highest BCUT2D eigenvalue weighted by Crippen LogP contribution is 2.37. The number of fused-ring (bicyclic) bond motifs is 1. The lowest BCUT2D eigenvalue weighted by atomic mass is 10.1. The fraction of sp³-hybridized carbons (Fsp3) is 0.308. The molecule has 0 N–H and O–H groups in total. The highest BCUT2D eigenvalue weighted by atomic mass is 127. The number of aromatic nitrogens is 2. The van der Waals surface area contributed by atoms with Gasteiger partial charge in [-0.25, -0.2) is 19.2 Å². The zero-order chi connectivity index (χ0) is 15.8. The van der Waals surface area contributed by atoms with Crippen LogP contribution in [0.25, 0.3) is 11.0 Å². The Balaban J connectivity index is 2.75. The molecule has 0 spiro atoms. The Kier molecular flexibility index (Phi) is 4.35. The molecule has 0 saturated heterocycles. The number of ether oxygens (including phenoxy) is 1. The number of hydrogen-bond donors (Lipinski definition) is 0. The standard InChI is InChI=1S/C13H10F3IN2O2/c1-3-21-12(20)8-4-7-5-9(14)6(2)18-11(7)19-10(8)13(15,16)17/h4-5H,3H2,1-2H3. The number of nitrogens with zero attached hydrogens (tertiary/aromatic N) is 2. The summed E-state index contributed by atoms with van der Waals surface area (Å²) in [5.41, 5.74) is -1.14. The predicted molar refractivity (Wildman–Crippen MR) is 78.1 cm³/mol. The van der Waals surface area contributed by atoms with Crippen LogP contribution in [-0.4, -0.2) is 22.5 Å². The molecule has 8 heteroatoms. The Labute approximate surface area is 131 Å². The van der Waals surface area contributed by atoms with Crippen LogP contribution in [0, 0.1) is 12.7 Å². The molecule has 0 aliphatic heterocycles. The zero-order valence-corrected chi connectivity index (χ0v) is 13.2. The topological polar surface area (TPSA) is 52.1 Å². The third-order valence-electron chi connectivity index (χ3n) is 2.70. The first kappa shape index (κ1) is 15.9. The number of rotatable bonds is 3. The molecule has 0 atom stereocenters. The summed E-state index contributed by atoms with van der Waals surface area (Å²) in [6.45, 7) is 2.99. The van der Waals surface area contributed by atoms with E-state index in [1.165, 1.54) is 6.92 Å². The van der Waals surface area contributed by atoms with E-state index in [0.29, 0.717) is 0 Å². The molecule has 0 bridgehead atoms. The van der Waals surface area contributed by atoms with Crippen molar-refractivity contribution in [2.75, 3.05) is 6.61 Å². The summed E-state index contributed by atoms with van der Waals surface area (Å²) >= 11 is 0.872. The quantitative estimate of drug-likeness (QED) is 0.440. The molecule has 2 rings (SSSR count). The number of esters is 1. The molecule has 0 aromatic carbocycles. The van der Waals surface area contributed by atoms with Gasteiger partial charge in [-0.05, 0) is 26.0 Å². The number of halogens is 4. The summed E-state index contributed by atoms with van der Waals surface area (Å²) in [7, 11) is 0. The van der Waals surface area contributed by atoms with Gasteiger partial charge in [0, 0.05) is 28.0 Å². The van der Waals surface area contributed by atoms with Crippen LogP contribution < -0.4 is 0 Å². The van der Waals surface area contributed by atoms with Gasteiger partial charge in [0.05, 0.1) is 17.9 Å². The summed E-state index contributed by atoms with van der Waals surface area (Å²) in [6.07, 6.45) is 0. The Morgan fingerprint density at radius 2 is 2.05 bits per heavy atom. The summed E-state index contributed by atoms with van der Waals surface area (Å²) in [6, 6.07) is 2.22. The molecule has 2 heterocycles. The van der Waals surface area contributed by atoms with Crippen LogP contribution in [0.5, 0.6) is 0 Å². The Bertz CT molecular complexity index is 717. The van der Waals surface area contributed by atoms with Gasteiger partial charge in [-0.2, -0.15) is 8.78 Å². The van der Waals surface area contributed by atoms with Gasteiger partial charge < -0.3 is 4.74 Å². The first-order chi connectivity index (χ1) is 9.74. The second-order valence-corrected chi connectivity index (χ2v) is 5.56. The summed E-state index contributed by atoms with van der Waals surface area (Å²) in [5, 5.41) is 0.158. The first-order valence-corrected chi connectivity index (χ1v) is 7.04. The van der Waals surface area contributed by atoms with Crippen molar-refractivity contribution in [3.05, 3.63) is 34.9 Å². The van der Waals surface area contributed by atoms with Crippen molar-refractivity contribution in [2.24, 2.45) is 0 Å². The molecule has 0 aliphatic carbocycles. The van der Waals surface area contributed by atoms with Gasteiger partial charge in [0.25, 0.3) is 0 Å². The number of alkyl halides is 3. The van der Waals surface area contributed by atoms with Crippen LogP contribution in [0.2, 0.25) is 0 Å². The van der Waals surface area contributed by atoms with Crippen LogP contribution in [-0.2, 0) is 8.67 Å². The van der Waals surface area contributed by atoms with Crippen molar-refractivity contribution < 1.29 is 22.7 Å². The van der Waals surface area contributed by atoms with Crippen molar-refractivity contribution in [1.29, 1.82) is 0 Å². The van der Waals surface area contributed by atoms with E-state index in [1.807, 2.05) is 0 Å². The highest BCUT2D eigenvalue weighted by Gasteiger charge is 2.35. The molecule has 2 aromatic rings. The van der Waals surface area contributed by atoms with Crippen molar-refractivity contribution in [2.45, 2.75) is 17.8 Å². The largest absolute Gasteiger partial charge is 0.462 e. The third-order valence-corrected chi connectivity index (χ3v) is 3.21. The minimum absolute atomic E-state index is 0.0314. The molecule has 0 fully saturated rings. The summed E-state index contributed by atoms with van der Waals surface area (Å²) in [5.74, 6) is -1.53. The number of carbonyl (C=O) groups excluding carboxylic acids is 1. The lowest BCUT2D eigenvalue weighted by molar-refractivity contribution is 0.0509. The number of pyridine rings is 2. The van der Waals surface area contributed by atoms with Gasteiger partial charge >= 0.3 is 9.90 Å². The van der Waals surface area contributed by atoms with Crippen LogP contribution in [0.4, 0.5) is 13.2 Å². The average molecular weight is 410 g/mol. The van der Waals surface area contributed by atoms with Gasteiger partial charge in [0.2, 0.25) is 0 Å². The summed E-state index contributed by atoms with van der Waals surface area (Å²) < 4.78 is 42.1. The van der Waals surface area contributed by atoms with E-state index >= 15 is 0 Å². The van der Waals surface area contributed by atoms with Crippen LogP contribution in [0.1, 0.15) is 28.7 Å². The van der Waals surface area contributed by atoms with Crippen molar-refractivity contribution in [3.8, 4) is 0 Å². The van der Waals surface area contributed by atoms with Crippen molar-refractivity contribution >= 4 is 39.6 Å². The van der Waals surface area contributed by atoms with E-state index in [4.69, 9.17) is 4.74 Å². The monoisotopic (exact) mass is 410 g/mol. The van der Waals surface area contributed by atoms with Crippen LogP contribution in [0.15, 0.2) is 12.1 Å². The number of carbonyl (C=O) groups is 1. The third kappa shape index (κ3) is 3.25. The van der Waals surface area contributed by atoms with E-state index in [2.05, 4.69) is 9.97 Å². The Morgan fingerprint density at radius 3 is 2.62 bits per heavy atom. The fourth-order valence-corrected chi connectivity index (χ4v) is 2.16. The summed E-state index contributed by atoms with van der Waals surface area (Å²) in [4.78, 5) is 19.3. The predicted octanol–water partition coefficient (Wildman–Crippen LogP) is 3.74. The van der Waals surface area contributed by atoms with Crippen molar-refractivity contribution in [1.82, 2.24) is 9.97 Å². The van der Waals surface area contributed by atoms with Crippen LogP contribution in [0.3, 0.4) is 0 Å². The smallest absolute Gasteiger partial charge is 0.340 e. The van der Waals surface area contributed by atoms with E-state index < -0.39 is 27.0 Å². The van der Waals surface area contributed by atoms with Gasteiger partial charge in [-0.15, -0.1) is 0 Å². The molecule has 2 aromatic heterocycles. The maximum atomic E-state index is 13.6. The average Bonchev–Trinajstić information content (AvgIpc) is 2.38. The lowest BCUT2D eigenvalue weighted by Crippen LogP contribution is -2.16. The molecular formula is C13H10F3IN2O2. The van der Waals surface area contributed by atoms with E-state index in [0.717, 1.165) is 34.7 Å². The maximum absolute atomic E-state index is 13.6. The molecule has 0 saturated carbocycles. The minimum atomic E-state index is -3.38. The zero-order valence-electron chi connectivity index (χ0n) is 11.1. The molecule has 0 aliphatic rings. The highest BCUT2D eigenvalue weighted by molar-refractivity contribution is 14.1. The fourth-order valence-electron chi connectivity index (χ4n) is 1.75. The molecule has 21 heavy (non-hydrogen) atoms. The first-order valence-electron chi connectivity index (χ1n) is 5.96. The van der Waals surface area contributed by atoms with E-state index in [-0.39, 0.29) is 23.3 Å². The normalized spacial score (nSPS) is 11.7. The molecule has 0 radical (unpaired) electrons. The van der Waals surface area contributed by atoms with E-state index in [9.17, 15) is 18.0 Å². The Morgan fingerprint density at radius 1 is 1.38 bits per heavy atom. The number of aryl methyl sites for hydroxylation is 1. The molecule has 112 valence electrons. The molecule has 0 unspecified atom stereocenters. The SMILES string of the molecule is CCOC(=O)c1cc2cc(F)c(C)nc2nc1C(F)(F)I. The van der Waals surface area contributed by atoms with Crippen molar-refractivity contribution in [3.63, 3.8) is 0 Å². The van der Waals surface area contributed by atoms with Crippen LogP contribution >= 0.6 is 22.6 Å². The maximum Gasteiger partial charge on any atom is 0.340 e. The second-order valence-electron chi connectivity index (χ2n) is 4.21. The van der Waals surface area contributed by atoms with Gasteiger partial charge in [-0.3, -0.25) is 0 Å². The van der Waals surface area contributed by atoms with E-state index in [1.54, 1.807) is 6.92 Å². The van der Waals surface area contributed by atoms with Gasteiger partial charge in [0.15, 0.2) is 5.65 Å². The second kappa shape index (κ2) is 5.74. The molecule has 0 amide bonds.